The van der Waals surface area contributed by atoms with E-state index in [1.807, 2.05) is 18.2 Å². The lowest BCUT2D eigenvalue weighted by atomic mass is 10.2. The van der Waals surface area contributed by atoms with E-state index in [1.165, 1.54) is 10.4 Å². The highest BCUT2D eigenvalue weighted by molar-refractivity contribution is 7.10. The summed E-state index contributed by atoms with van der Waals surface area (Å²) in [5.41, 5.74) is 2.46. The van der Waals surface area contributed by atoms with E-state index in [9.17, 15) is 0 Å². The normalized spacial score (nSPS) is 10.8. The Balaban J connectivity index is 1.94. The fraction of sp³-hybridized carbons (Fsp3) is 0.286. The molecule has 1 nitrogen and oxygen atoms in total. The van der Waals surface area contributed by atoms with Gasteiger partial charge in [-0.3, -0.25) is 0 Å². The average molecular weight is 300 g/mol. The zero-order valence-electron chi connectivity index (χ0n) is 10.2. The van der Waals surface area contributed by atoms with Crippen LogP contribution in [0.25, 0.3) is 0 Å². The van der Waals surface area contributed by atoms with Crippen molar-refractivity contribution >= 4 is 34.5 Å². The fourth-order valence-electron chi connectivity index (χ4n) is 1.83. The Morgan fingerprint density at radius 2 is 1.94 bits per heavy atom. The molecule has 1 N–H and O–H groups in total. The van der Waals surface area contributed by atoms with Crippen LogP contribution in [0.5, 0.6) is 0 Å². The Bertz CT molecular complexity index is 522. The molecule has 1 heterocycles. The third kappa shape index (κ3) is 3.48. The molecule has 1 aromatic carbocycles. The maximum Gasteiger partial charge on any atom is 0.0451 e. The molecule has 0 saturated heterocycles. The predicted molar refractivity (Wildman–Crippen MR) is 80.7 cm³/mol. The highest BCUT2D eigenvalue weighted by Crippen LogP contribution is 2.21. The van der Waals surface area contributed by atoms with Gasteiger partial charge >= 0.3 is 0 Å². The van der Waals surface area contributed by atoms with Crippen molar-refractivity contribution in [3.8, 4) is 0 Å². The van der Waals surface area contributed by atoms with Gasteiger partial charge in [0.05, 0.1) is 0 Å². The lowest BCUT2D eigenvalue weighted by Crippen LogP contribution is -2.13. The number of halogens is 2. The van der Waals surface area contributed by atoms with Crippen molar-refractivity contribution in [2.75, 3.05) is 0 Å². The minimum atomic E-state index is 0.724. The zero-order valence-corrected chi connectivity index (χ0v) is 12.5. The molecule has 18 heavy (non-hydrogen) atoms. The third-order valence-corrected chi connectivity index (χ3v) is 4.39. The largest absolute Gasteiger partial charge is 0.308 e. The van der Waals surface area contributed by atoms with E-state index < -0.39 is 0 Å². The molecule has 0 aliphatic carbocycles. The molecule has 0 spiro atoms. The van der Waals surface area contributed by atoms with Crippen LogP contribution in [0.2, 0.25) is 10.0 Å². The molecule has 0 saturated carbocycles. The molecule has 0 aliphatic rings. The van der Waals surface area contributed by atoms with Gasteiger partial charge in [-0.15, -0.1) is 11.3 Å². The molecule has 0 amide bonds. The first-order valence-corrected chi connectivity index (χ1v) is 7.54. The van der Waals surface area contributed by atoms with Gasteiger partial charge in [-0.25, -0.2) is 0 Å². The summed E-state index contributed by atoms with van der Waals surface area (Å²) in [5.74, 6) is 0. The van der Waals surface area contributed by atoms with Gasteiger partial charge in [-0.05, 0) is 47.2 Å². The second-order valence-corrected chi connectivity index (χ2v) is 5.91. The lowest BCUT2D eigenvalue weighted by Gasteiger charge is -2.07. The first kappa shape index (κ1) is 13.9. The molecule has 0 radical (unpaired) electrons. The van der Waals surface area contributed by atoms with E-state index in [-0.39, 0.29) is 0 Å². The molecule has 0 bridgehead atoms. The van der Waals surface area contributed by atoms with Crippen molar-refractivity contribution in [3.63, 3.8) is 0 Å². The summed E-state index contributed by atoms with van der Waals surface area (Å²) < 4.78 is 0. The fourth-order valence-corrected chi connectivity index (χ4v) is 3.15. The summed E-state index contributed by atoms with van der Waals surface area (Å²) in [7, 11) is 0. The highest BCUT2D eigenvalue weighted by Gasteiger charge is 2.04. The molecule has 0 fully saturated rings. The minimum absolute atomic E-state index is 0.724. The van der Waals surface area contributed by atoms with Crippen molar-refractivity contribution in [3.05, 3.63) is 55.7 Å². The molecule has 96 valence electrons. The average Bonchev–Trinajstić information content (AvgIpc) is 2.81. The summed E-state index contributed by atoms with van der Waals surface area (Å²) in [4.78, 5) is 1.40. The summed E-state index contributed by atoms with van der Waals surface area (Å²) in [6, 6.07) is 7.74. The third-order valence-electron chi connectivity index (χ3n) is 2.83. The molecule has 0 aliphatic heterocycles. The molecule has 2 aromatic rings. The second-order valence-electron chi connectivity index (χ2n) is 4.06. The Hall–Kier alpha value is -0.540. The van der Waals surface area contributed by atoms with Crippen LogP contribution in [0.3, 0.4) is 0 Å². The summed E-state index contributed by atoms with van der Waals surface area (Å²) >= 11 is 13.9. The number of hydrogen-bond acceptors (Lipinski definition) is 2. The van der Waals surface area contributed by atoms with Crippen LogP contribution in [-0.4, -0.2) is 0 Å². The second kappa shape index (κ2) is 6.58. The van der Waals surface area contributed by atoms with Crippen molar-refractivity contribution in [2.24, 2.45) is 0 Å². The van der Waals surface area contributed by atoms with E-state index in [2.05, 4.69) is 23.7 Å². The van der Waals surface area contributed by atoms with Crippen molar-refractivity contribution in [1.82, 2.24) is 5.32 Å². The molecule has 0 atom stereocenters. The van der Waals surface area contributed by atoms with Gasteiger partial charge in [0.1, 0.15) is 0 Å². The lowest BCUT2D eigenvalue weighted by molar-refractivity contribution is 0.697. The number of aryl methyl sites for hydroxylation is 1. The SMILES string of the molecule is CCc1ccsc1CNCc1cc(Cl)ccc1Cl. The van der Waals surface area contributed by atoms with Gasteiger partial charge in [-0.1, -0.05) is 30.1 Å². The Kier molecular flexibility index (Phi) is 5.07. The summed E-state index contributed by atoms with van der Waals surface area (Å²) in [5, 5.41) is 7.04. The monoisotopic (exact) mass is 299 g/mol. The van der Waals surface area contributed by atoms with Gasteiger partial charge in [0.2, 0.25) is 0 Å². The van der Waals surface area contributed by atoms with Gasteiger partial charge in [-0.2, -0.15) is 0 Å². The molecular formula is C14H15Cl2NS. The van der Waals surface area contributed by atoms with Crippen molar-refractivity contribution in [2.45, 2.75) is 26.4 Å². The Morgan fingerprint density at radius 3 is 2.72 bits per heavy atom. The van der Waals surface area contributed by atoms with Crippen molar-refractivity contribution in [1.29, 1.82) is 0 Å². The molecular weight excluding hydrogens is 285 g/mol. The highest BCUT2D eigenvalue weighted by atomic mass is 35.5. The predicted octanol–water partition coefficient (Wildman–Crippen LogP) is 4.91. The number of benzene rings is 1. The van der Waals surface area contributed by atoms with E-state index in [4.69, 9.17) is 23.2 Å². The van der Waals surface area contributed by atoms with Crippen molar-refractivity contribution < 1.29 is 0 Å². The Morgan fingerprint density at radius 1 is 1.11 bits per heavy atom. The van der Waals surface area contributed by atoms with Crippen LogP contribution in [0.4, 0.5) is 0 Å². The summed E-state index contributed by atoms with van der Waals surface area (Å²) in [6.45, 7) is 3.80. The maximum absolute atomic E-state index is 6.12. The first-order chi connectivity index (χ1) is 8.70. The quantitative estimate of drug-likeness (QED) is 0.827. The van der Waals surface area contributed by atoms with Gasteiger partial charge in [0, 0.05) is 28.0 Å². The number of hydrogen-bond donors (Lipinski definition) is 1. The van der Waals surface area contributed by atoms with Gasteiger partial charge < -0.3 is 5.32 Å². The van der Waals surface area contributed by atoms with Crippen LogP contribution < -0.4 is 5.32 Å². The van der Waals surface area contributed by atoms with Gasteiger partial charge in [0.15, 0.2) is 0 Å². The molecule has 0 unspecified atom stereocenters. The number of thiophene rings is 1. The van der Waals surface area contributed by atoms with Crippen LogP contribution in [-0.2, 0) is 19.5 Å². The first-order valence-electron chi connectivity index (χ1n) is 5.90. The Labute approximate surface area is 122 Å². The molecule has 4 heteroatoms. The maximum atomic E-state index is 6.12. The van der Waals surface area contributed by atoms with Gasteiger partial charge in [0.25, 0.3) is 0 Å². The number of nitrogens with one attached hydrogen (secondary N) is 1. The van der Waals surface area contributed by atoms with Crippen LogP contribution in [0.15, 0.2) is 29.6 Å². The summed E-state index contributed by atoms with van der Waals surface area (Å²) in [6.07, 6.45) is 1.08. The number of rotatable bonds is 5. The standard InChI is InChI=1S/C14H15Cl2NS/c1-2-10-5-6-18-14(10)9-17-8-11-7-12(15)3-4-13(11)16/h3-7,17H,2,8-9H2,1H3. The van der Waals surface area contributed by atoms with E-state index >= 15 is 0 Å². The topological polar surface area (TPSA) is 12.0 Å². The smallest absolute Gasteiger partial charge is 0.0451 e. The van der Waals surface area contributed by atoms with Crippen LogP contribution in [0, 0.1) is 0 Å². The van der Waals surface area contributed by atoms with Crippen LogP contribution >= 0.6 is 34.5 Å². The molecule has 1 aromatic heterocycles. The van der Waals surface area contributed by atoms with E-state index in [0.29, 0.717) is 0 Å². The van der Waals surface area contributed by atoms with E-state index in [1.54, 1.807) is 11.3 Å². The zero-order chi connectivity index (χ0) is 13.0. The van der Waals surface area contributed by atoms with Crippen LogP contribution in [0.1, 0.15) is 22.9 Å². The molecule has 2 rings (SSSR count). The van der Waals surface area contributed by atoms with E-state index in [0.717, 1.165) is 35.1 Å². The minimum Gasteiger partial charge on any atom is -0.308 e.